The molecule has 4 rings (SSSR count). The van der Waals surface area contributed by atoms with Gasteiger partial charge in [0.15, 0.2) is 5.78 Å². The minimum atomic E-state index is -0.947. The van der Waals surface area contributed by atoms with Crippen molar-refractivity contribution in [3.8, 4) is 0 Å². The van der Waals surface area contributed by atoms with E-state index in [4.69, 9.17) is 4.74 Å². The molecule has 2 aromatic carbocycles. The molecule has 0 amide bonds. The van der Waals surface area contributed by atoms with Crippen molar-refractivity contribution >= 4 is 17.3 Å². The first kappa shape index (κ1) is 22.8. The number of carboxylic acids is 1. The Kier molecular flexibility index (Phi) is 7.33. The normalized spacial score (nSPS) is 12.6. The fourth-order valence-electron chi connectivity index (χ4n) is 3.69. The molecule has 3 aromatic rings. The molecule has 1 aliphatic rings. The molecule has 0 saturated heterocycles. The van der Waals surface area contributed by atoms with E-state index in [9.17, 15) is 14.7 Å². The van der Waals surface area contributed by atoms with Crippen LogP contribution in [0.1, 0.15) is 50.4 Å². The molecule has 2 N–H and O–H groups in total. The van der Waals surface area contributed by atoms with Crippen LogP contribution in [-0.4, -0.2) is 27.1 Å². The summed E-state index contributed by atoms with van der Waals surface area (Å²) in [5.41, 5.74) is 7.50. The standard InChI is InChI=1S/C28H24N2O4/c31-27(13-5-8-21-7-1-2-12-25(21)28(32)33)23-10-3-6-20(18-23)19-34-24-11-4-9-22(14-15-24)26-16-17-29-30-26/h1-3,6-7,9-12,14-18H,5,8,13,19H2,(H,29,30)(H,32,33). The molecular formula is C28H24N2O4. The maximum atomic E-state index is 12.7. The van der Waals surface area contributed by atoms with Crippen molar-refractivity contribution in [3.05, 3.63) is 125 Å². The van der Waals surface area contributed by atoms with Gasteiger partial charge in [0.25, 0.3) is 0 Å². The number of allylic oxidation sites excluding steroid dienone is 4. The first-order valence-electron chi connectivity index (χ1n) is 11.0. The molecule has 0 aliphatic heterocycles. The van der Waals surface area contributed by atoms with E-state index in [1.54, 1.807) is 36.5 Å². The largest absolute Gasteiger partial charge is 0.488 e. The van der Waals surface area contributed by atoms with E-state index >= 15 is 0 Å². The van der Waals surface area contributed by atoms with E-state index in [0.717, 1.165) is 22.4 Å². The molecule has 1 heterocycles. The number of carboxylic acid groups (broad SMARTS) is 1. The molecule has 0 saturated carbocycles. The number of carbonyl (C=O) groups excluding carboxylic acids is 1. The van der Waals surface area contributed by atoms with Crippen molar-refractivity contribution in [2.45, 2.75) is 25.9 Å². The van der Waals surface area contributed by atoms with Crippen molar-refractivity contribution in [2.75, 3.05) is 0 Å². The van der Waals surface area contributed by atoms with E-state index in [1.165, 1.54) is 0 Å². The van der Waals surface area contributed by atoms with Gasteiger partial charge in [0, 0.05) is 29.8 Å². The summed E-state index contributed by atoms with van der Waals surface area (Å²) in [6.45, 7) is 0.324. The van der Waals surface area contributed by atoms with E-state index in [0.29, 0.717) is 37.2 Å². The van der Waals surface area contributed by atoms with Crippen molar-refractivity contribution in [3.63, 3.8) is 0 Å². The zero-order chi connectivity index (χ0) is 23.8. The Balaban J connectivity index is 1.33. The molecule has 0 spiro atoms. The van der Waals surface area contributed by atoms with Crippen LogP contribution in [0.3, 0.4) is 0 Å². The van der Waals surface area contributed by atoms with Gasteiger partial charge in [0.1, 0.15) is 12.4 Å². The highest BCUT2D eigenvalue weighted by atomic mass is 16.5. The molecule has 0 bridgehead atoms. The third kappa shape index (κ3) is 5.88. The summed E-state index contributed by atoms with van der Waals surface area (Å²) in [5.74, 6) is -0.255. The number of nitrogens with zero attached hydrogens (tertiary/aromatic N) is 1. The number of aromatic amines is 1. The number of hydrogen-bond donors (Lipinski definition) is 2. The van der Waals surface area contributed by atoms with Gasteiger partial charge in [-0.3, -0.25) is 9.89 Å². The topological polar surface area (TPSA) is 92.3 Å². The number of carbonyl (C=O) groups is 2. The van der Waals surface area contributed by atoms with Crippen LogP contribution in [0.4, 0.5) is 0 Å². The van der Waals surface area contributed by atoms with Gasteiger partial charge in [-0.15, -0.1) is 5.73 Å². The van der Waals surface area contributed by atoms with Crippen LogP contribution >= 0.6 is 0 Å². The molecule has 1 aromatic heterocycles. The second-order valence-electron chi connectivity index (χ2n) is 7.84. The molecule has 0 fully saturated rings. The Morgan fingerprint density at radius 3 is 2.74 bits per heavy atom. The highest BCUT2D eigenvalue weighted by Gasteiger charge is 2.11. The van der Waals surface area contributed by atoms with Gasteiger partial charge in [-0.1, -0.05) is 36.4 Å². The number of aromatic nitrogens is 2. The number of H-pyrrole nitrogens is 1. The Morgan fingerprint density at radius 1 is 1.03 bits per heavy atom. The quantitative estimate of drug-likeness (QED) is 0.312. The van der Waals surface area contributed by atoms with Crippen molar-refractivity contribution in [1.82, 2.24) is 10.2 Å². The molecule has 1 aliphatic carbocycles. The second-order valence-corrected chi connectivity index (χ2v) is 7.84. The molecule has 0 radical (unpaired) electrons. The van der Waals surface area contributed by atoms with Crippen LogP contribution in [0.5, 0.6) is 0 Å². The fraction of sp³-hybridized carbons (Fsp3) is 0.143. The number of hydrogen-bond acceptors (Lipinski definition) is 4. The van der Waals surface area contributed by atoms with Gasteiger partial charge in [-0.2, -0.15) is 5.10 Å². The number of aromatic carboxylic acids is 1. The Hall–Kier alpha value is -4.41. The van der Waals surface area contributed by atoms with Crippen LogP contribution in [-0.2, 0) is 17.8 Å². The number of benzene rings is 2. The maximum absolute atomic E-state index is 12.7. The molecule has 170 valence electrons. The zero-order valence-electron chi connectivity index (χ0n) is 18.5. The van der Waals surface area contributed by atoms with Crippen molar-refractivity contribution < 1.29 is 19.4 Å². The predicted octanol–water partition coefficient (Wildman–Crippen LogP) is 5.52. The first-order chi connectivity index (χ1) is 16.6. The summed E-state index contributed by atoms with van der Waals surface area (Å²) >= 11 is 0. The van der Waals surface area contributed by atoms with E-state index < -0.39 is 5.97 Å². The Morgan fingerprint density at radius 2 is 1.91 bits per heavy atom. The molecule has 34 heavy (non-hydrogen) atoms. The summed E-state index contributed by atoms with van der Waals surface area (Å²) in [6, 6.07) is 16.2. The highest BCUT2D eigenvalue weighted by Crippen LogP contribution is 2.18. The zero-order valence-corrected chi connectivity index (χ0v) is 18.5. The molecule has 6 heteroatoms. The van der Waals surface area contributed by atoms with Crippen LogP contribution in [0.2, 0.25) is 0 Å². The van der Waals surface area contributed by atoms with Crippen LogP contribution in [0.25, 0.3) is 5.57 Å². The van der Waals surface area contributed by atoms with Gasteiger partial charge < -0.3 is 9.84 Å². The third-order valence-corrected chi connectivity index (χ3v) is 5.46. The minimum Gasteiger partial charge on any atom is -0.488 e. The third-order valence-electron chi connectivity index (χ3n) is 5.46. The van der Waals surface area contributed by atoms with Crippen LogP contribution in [0, 0.1) is 0 Å². The van der Waals surface area contributed by atoms with Crippen LogP contribution < -0.4 is 0 Å². The summed E-state index contributed by atoms with van der Waals surface area (Å²) in [6.07, 6.45) is 10.6. The lowest BCUT2D eigenvalue weighted by Crippen LogP contribution is -2.05. The highest BCUT2D eigenvalue weighted by molar-refractivity contribution is 5.96. The maximum Gasteiger partial charge on any atom is 0.335 e. The van der Waals surface area contributed by atoms with Gasteiger partial charge in [-0.05, 0) is 60.4 Å². The van der Waals surface area contributed by atoms with E-state index in [-0.39, 0.29) is 11.3 Å². The average Bonchev–Trinajstić information content (AvgIpc) is 3.29. The second kappa shape index (κ2) is 10.9. The summed E-state index contributed by atoms with van der Waals surface area (Å²) in [4.78, 5) is 24.0. The molecule has 0 atom stereocenters. The van der Waals surface area contributed by atoms with Crippen molar-refractivity contribution in [2.24, 2.45) is 0 Å². The number of rotatable bonds is 10. The SMILES string of the molecule is O=C(CCCc1ccccc1C(=O)O)c1cccc(COC2=CC=C(c3ccn[nH]3)C=C=C2)c1. The number of ether oxygens (including phenoxy) is 1. The minimum absolute atomic E-state index is 0.0262. The lowest BCUT2D eigenvalue weighted by Gasteiger charge is -2.08. The van der Waals surface area contributed by atoms with Gasteiger partial charge in [0.2, 0.25) is 0 Å². The van der Waals surface area contributed by atoms with E-state index in [2.05, 4.69) is 15.9 Å². The Bertz CT molecular complexity index is 1310. The summed E-state index contributed by atoms with van der Waals surface area (Å²) < 4.78 is 5.91. The monoisotopic (exact) mass is 452 g/mol. The summed E-state index contributed by atoms with van der Waals surface area (Å²) in [7, 11) is 0. The molecular weight excluding hydrogens is 428 g/mol. The lowest BCUT2D eigenvalue weighted by molar-refractivity contribution is 0.0695. The average molecular weight is 453 g/mol. The smallest absolute Gasteiger partial charge is 0.335 e. The van der Waals surface area contributed by atoms with Gasteiger partial charge in [0.05, 0.1) is 11.3 Å². The number of Topliss-reactive ketones (excluding diaryl/α,β-unsaturated/α-hetero) is 1. The predicted molar refractivity (Wildman–Crippen MR) is 129 cm³/mol. The summed E-state index contributed by atoms with van der Waals surface area (Å²) in [5, 5.41) is 16.2. The number of aryl methyl sites for hydroxylation is 1. The fourth-order valence-corrected chi connectivity index (χ4v) is 3.69. The number of ketones is 1. The molecule has 0 unspecified atom stereocenters. The first-order valence-corrected chi connectivity index (χ1v) is 11.0. The lowest BCUT2D eigenvalue weighted by atomic mass is 9.98. The van der Waals surface area contributed by atoms with Gasteiger partial charge in [-0.25, -0.2) is 4.79 Å². The number of nitrogens with one attached hydrogen (secondary N) is 1. The van der Waals surface area contributed by atoms with Crippen molar-refractivity contribution in [1.29, 1.82) is 0 Å². The van der Waals surface area contributed by atoms with E-state index in [1.807, 2.05) is 48.6 Å². The van der Waals surface area contributed by atoms with Gasteiger partial charge >= 0.3 is 5.97 Å². The van der Waals surface area contributed by atoms with Crippen LogP contribution in [0.15, 0.2) is 96.6 Å². The Labute approximate surface area is 197 Å². The molecule has 6 nitrogen and oxygen atoms in total.